The molecular formula is C25H29N3O4. The summed E-state index contributed by atoms with van der Waals surface area (Å²) in [5, 5.41) is 0. The van der Waals surface area contributed by atoms with Gasteiger partial charge in [-0.3, -0.25) is 9.59 Å². The molecule has 4 rings (SSSR count). The number of aryl methyl sites for hydroxylation is 1. The minimum absolute atomic E-state index is 0.329. The van der Waals surface area contributed by atoms with E-state index in [1.54, 1.807) is 20.3 Å². The molecule has 0 unspecified atom stereocenters. The summed E-state index contributed by atoms with van der Waals surface area (Å²) in [6, 6.07) is 12.8. The highest BCUT2D eigenvalue weighted by molar-refractivity contribution is 6.46. The Morgan fingerprint density at radius 2 is 1.56 bits per heavy atom. The highest BCUT2D eigenvalue weighted by atomic mass is 16.5. The molecule has 2 aromatic carbocycles. The molecule has 2 aliphatic rings. The Kier molecular flexibility index (Phi) is 6.19. The van der Waals surface area contributed by atoms with Crippen molar-refractivity contribution in [2.75, 3.05) is 51.8 Å². The monoisotopic (exact) mass is 435 g/mol. The number of imide groups is 1. The Morgan fingerprint density at radius 1 is 0.875 bits per heavy atom. The summed E-state index contributed by atoms with van der Waals surface area (Å²) in [6.45, 7) is 8.06. The third-order valence-electron chi connectivity index (χ3n) is 6.15. The number of hydrogen-bond donors (Lipinski definition) is 0. The van der Waals surface area contributed by atoms with Gasteiger partial charge in [-0.2, -0.15) is 0 Å². The fourth-order valence-corrected chi connectivity index (χ4v) is 4.39. The van der Waals surface area contributed by atoms with Crippen molar-refractivity contribution in [3.05, 3.63) is 59.3 Å². The van der Waals surface area contributed by atoms with Crippen LogP contribution in [0.15, 0.2) is 48.2 Å². The van der Waals surface area contributed by atoms with Gasteiger partial charge in [0.1, 0.15) is 17.2 Å². The molecular weight excluding hydrogens is 406 g/mol. The van der Waals surface area contributed by atoms with E-state index >= 15 is 0 Å². The molecule has 1 fully saturated rings. The average Bonchev–Trinajstić information content (AvgIpc) is 3.08. The van der Waals surface area contributed by atoms with Gasteiger partial charge >= 0.3 is 0 Å². The number of benzene rings is 2. The highest BCUT2D eigenvalue weighted by Gasteiger charge is 2.44. The van der Waals surface area contributed by atoms with Gasteiger partial charge in [-0.25, -0.2) is 4.90 Å². The van der Waals surface area contributed by atoms with Crippen molar-refractivity contribution in [1.82, 2.24) is 9.80 Å². The molecule has 0 aromatic heterocycles. The second kappa shape index (κ2) is 9.04. The lowest BCUT2D eigenvalue weighted by Crippen LogP contribution is -2.47. The van der Waals surface area contributed by atoms with E-state index in [1.165, 1.54) is 4.90 Å². The Bertz CT molecular complexity index is 1070. The lowest BCUT2D eigenvalue weighted by molar-refractivity contribution is -0.120. The predicted octanol–water partition coefficient (Wildman–Crippen LogP) is 2.93. The normalized spacial score (nSPS) is 17.4. The molecule has 2 heterocycles. The minimum atomic E-state index is -0.365. The molecule has 0 bridgehead atoms. The van der Waals surface area contributed by atoms with Crippen LogP contribution in [0.3, 0.4) is 0 Å². The molecule has 0 N–H and O–H groups in total. The van der Waals surface area contributed by atoms with Crippen LogP contribution < -0.4 is 14.4 Å². The summed E-state index contributed by atoms with van der Waals surface area (Å²) in [5.41, 5.74) is 2.82. The highest BCUT2D eigenvalue weighted by Crippen LogP contribution is 2.41. The van der Waals surface area contributed by atoms with Gasteiger partial charge in [0.05, 0.1) is 25.5 Å². The summed E-state index contributed by atoms with van der Waals surface area (Å²) < 4.78 is 11.0. The summed E-state index contributed by atoms with van der Waals surface area (Å²) >= 11 is 0. The molecule has 0 aliphatic carbocycles. The molecule has 1 saturated heterocycles. The van der Waals surface area contributed by atoms with Crippen molar-refractivity contribution in [2.24, 2.45) is 0 Å². The SMILES string of the molecule is CCN1CCN(C2=C(c3ccccc3OC)C(=O)N(c3cc(C)ccc3OC)C2=O)CC1. The van der Waals surface area contributed by atoms with Gasteiger partial charge in [0.2, 0.25) is 0 Å². The number of piperazine rings is 1. The number of carbonyl (C=O) groups excluding carboxylic acids is 2. The zero-order valence-electron chi connectivity index (χ0n) is 19.1. The minimum Gasteiger partial charge on any atom is -0.496 e. The van der Waals surface area contributed by atoms with E-state index in [1.807, 2.05) is 48.2 Å². The smallest absolute Gasteiger partial charge is 0.282 e. The van der Waals surface area contributed by atoms with E-state index in [4.69, 9.17) is 9.47 Å². The van der Waals surface area contributed by atoms with Gasteiger partial charge in [0, 0.05) is 31.7 Å². The number of ether oxygens (including phenoxy) is 2. The van der Waals surface area contributed by atoms with Crippen LogP contribution in [-0.2, 0) is 9.59 Å². The second-order valence-corrected chi connectivity index (χ2v) is 7.97. The zero-order valence-corrected chi connectivity index (χ0v) is 19.1. The van der Waals surface area contributed by atoms with Gasteiger partial charge in [-0.1, -0.05) is 31.2 Å². The molecule has 2 amide bonds. The van der Waals surface area contributed by atoms with E-state index in [0.717, 1.165) is 25.2 Å². The first kappa shape index (κ1) is 21.9. The number of hydrogen-bond acceptors (Lipinski definition) is 6. The maximum Gasteiger partial charge on any atom is 0.282 e. The van der Waals surface area contributed by atoms with E-state index in [-0.39, 0.29) is 11.8 Å². The van der Waals surface area contributed by atoms with Gasteiger partial charge in [-0.05, 0) is 37.2 Å². The van der Waals surface area contributed by atoms with Gasteiger partial charge < -0.3 is 19.3 Å². The van der Waals surface area contributed by atoms with Crippen molar-refractivity contribution in [3.63, 3.8) is 0 Å². The quantitative estimate of drug-likeness (QED) is 0.651. The standard InChI is InChI=1S/C25H29N3O4/c1-5-26-12-14-27(15-13-26)23-22(18-8-6-7-9-20(18)31-3)24(29)28(25(23)30)19-16-17(2)10-11-21(19)32-4/h6-11,16H,5,12-15H2,1-4H3. The lowest BCUT2D eigenvalue weighted by atomic mass is 10.0. The Balaban J connectivity index is 1.85. The number of rotatable bonds is 6. The number of nitrogens with zero attached hydrogens (tertiary/aromatic N) is 3. The van der Waals surface area contributed by atoms with E-state index in [9.17, 15) is 9.59 Å². The van der Waals surface area contributed by atoms with E-state index < -0.39 is 0 Å². The van der Waals surface area contributed by atoms with Crippen LogP contribution in [0.4, 0.5) is 5.69 Å². The van der Waals surface area contributed by atoms with E-state index in [0.29, 0.717) is 47.1 Å². The molecule has 0 radical (unpaired) electrons. The fourth-order valence-electron chi connectivity index (χ4n) is 4.39. The predicted molar refractivity (Wildman–Crippen MR) is 124 cm³/mol. The number of amides is 2. The number of likely N-dealkylation sites (N-methyl/N-ethyl adjacent to an activating group) is 1. The first-order chi connectivity index (χ1) is 15.5. The van der Waals surface area contributed by atoms with Gasteiger partial charge in [-0.15, -0.1) is 0 Å². The van der Waals surface area contributed by atoms with Crippen LogP contribution in [0.1, 0.15) is 18.1 Å². The molecule has 2 aromatic rings. The van der Waals surface area contributed by atoms with Crippen LogP contribution in [0.2, 0.25) is 0 Å². The zero-order chi connectivity index (χ0) is 22.8. The lowest BCUT2D eigenvalue weighted by Gasteiger charge is -2.36. The molecule has 2 aliphatic heterocycles. The third-order valence-corrected chi connectivity index (χ3v) is 6.15. The second-order valence-electron chi connectivity index (χ2n) is 7.97. The van der Waals surface area contributed by atoms with Crippen LogP contribution >= 0.6 is 0 Å². The van der Waals surface area contributed by atoms with Crippen molar-refractivity contribution < 1.29 is 19.1 Å². The number of methoxy groups -OCH3 is 2. The van der Waals surface area contributed by atoms with Crippen LogP contribution in [0, 0.1) is 6.92 Å². The van der Waals surface area contributed by atoms with E-state index in [2.05, 4.69) is 11.8 Å². The summed E-state index contributed by atoms with van der Waals surface area (Å²) in [5.74, 6) is 0.348. The Labute approximate surface area is 188 Å². The number of carbonyl (C=O) groups is 2. The maximum atomic E-state index is 13.8. The molecule has 0 atom stereocenters. The van der Waals surface area contributed by atoms with Gasteiger partial charge in [0.15, 0.2) is 0 Å². The Morgan fingerprint density at radius 3 is 2.22 bits per heavy atom. The topological polar surface area (TPSA) is 62.3 Å². The van der Waals surface area contributed by atoms with Crippen molar-refractivity contribution >= 4 is 23.1 Å². The molecule has 168 valence electrons. The molecule has 7 nitrogen and oxygen atoms in total. The van der Waals surface area contributed by atoms with Crippen LogP contribution in [0.5, 0.6) is 11.5 Å². The largest absolute Gasteiger partial charge is 0.496 e. The number of anilines is 1. The average molecular weight is 436 g/mol. The first-order valence-electron chi connectivity index (χ1n) is 10.9. The Hall–Kier alpha value is -3.32. The summed E-state index contributed by atoms with van der Waals surface area (Å²) in [7, 11) is 3.11. The van der Waals surface area contributed by atoms with Crippen LogP contribution in [0.25, 0.3) is 5.57 Å². The molecule has 0 spiro atoms. The maximum absolute atomic E-state index is 13.8. The fraction of sp³-hybridized carbons (Fsp3) is 0.360. The first-order valence-corrected chi connectivity index (χ1v) is 10.9. The molecule has 32 heavy (non-hydrogen) atoms. The number of para-hydroxylation sites is 1. The molecule has 7 heteroatoms. The molecule has 0 saturated carbocycles. The van der Waals surface area contributed by atoms with Crippen molar-refractivity contribution in [2.45, 2.75) is 13.8 Å². The van der Waals surface area contributed by atoms with Gasteiger partial charge in [0.25, 0.3) is 11.8 Å². The summed E-state index contributed by atoms with van der Waals surface area (Å²) in [6.07, 6.45) is 0. The van der Waals surface area contributed by atoms with Crippen molar-refractivity contribution in [3.8, 4) is 11.5 Å². The summed E-state index contributed by atoms with van der Waals surface area (Å²) in [4.78, 5) is 33.3. The van der Waals surface area contributed by atoms with Crippen LogP contribution in [-0.4, -0.2) is 68.6 Å². The third kappa shape index (κ3) is 3.73. The van der Waals surface area contributed by atoms with Crippen molar-refractivity contribution in [1.29, 1.82) is 0 Å².